The Balaban J connectivity index is 1.26. The van der Waals surface area contributed by atoms with Crippen LogP contribution >= 0.6 is 11.8 Å². The summed E-state index contributed by atoms with van der Waals surface area (Å²) in [4.78, 5) is 54.1. The van der Waals surface area contributed by atoms with E-state index in [9.17, 15) is 14.4 Å². The van der Waals surface area contributed by atoms with E-state index in [0.29, 0.717) is 29.8 Å². The number of rotatable bonds is 7. The predicted octanol–water partition coefficient (Wildman–Crippen LogP) is 3.03. The van der Waals surface area contributed by atoms with Crippen molar-refractivity contribution in [2.75, 3.05) is 36.8 Å². The molecule has 3 aliphatic rings. The van der Waals surface area contributed by atoms with Gasteiger partial charge in [-0.3, -0.25) is 19.4 Å². The van der Waals surface area contributed by atoms with Gasteiger partial charge < -0.3 is 15.1 Å². The van der Waals surface area contributed by atoms with Crippen molar-refractivity contribution in [2.24, 2.45) is 9.98 Å². The second kappa shape index (κ2) is 11.4. The number of fused-ring (bicyclic) bond motifs is 3. The van der Waals surface area contributed by atoms with Gasteiger partial charge >= 0.3 is 0 Å². The number of nitrogens with one attached hydrogen (secondary N) is 1. The summed E-state index contributed by atoms with van der Waals surface area (Å²) < 4.78 is 0. The number of carbonyl (C=O) groups is 3. The summed E-state index contributed by atoms with van der Waals surface area (Å²) in [5.41, 5.74) is 2.60. The molecule has 0 radical (unpaired) electrons. The Bertz CT molecular complexity index is 1270. The second-order valence-electron chi connectivity index (χ2n) is 9.63. The first kappa shape index (κ1) is 26.0. The molecule has 0 aromatic heterocycles. The van der Waals surface area contributed by atoms with Crippen LogP contribution in [0.15, 0.2) is 64.6 Å². The van der Waals surface area contributed by atoms with E-state index in [1.165, 1.54) is 16.7 Å². The van der Waals surface area contributed by atoms with Crippen LogP contribution in [0.1, 0.15) is 32.3 Å². The third-order valence-electron chi connectivity index (χ3n) is 7.02. The molecule has 1 N–H and O–H groups in total. The van der Waals surface area contributed by atoms with Crippen LogP contribution in [-0.4, -0.2) is 82.5 Å². The molecule has 198 valence electrons. The Hall–Kier alpha value is -3.66. The van der Waals surface area contributed by atoms with Gasteiger partial charge in [-0.1, -0.05) is 49.0 Å². The minimum absolute atomic E-state index is 0.0127. The number of amidine groups is 2. The fourth-order valence-corrected chi connectivity index (χ4v) is 5.54. The van der Waals surface area contributed by atoms with Gasteiger partial charge in [-0.2, -0.15) is 0 Å². The van der Waals surface area contributed by atoms with Gasteiger partial charge in [0.2, 0.25) is 11.8 Å². The third kappa shape index (κ3) is 5.45. The SMILES string of the molecule is CC[C@@H](C)NC(=O)CSC1=Nc2ccccc2C2=N[C@H](CC(=O)N3CCN(c4ccccc4)CC3)C(=O)N12. The molecule has 3 heterocycles. The van der Waals surface area contributed by atoms with Crippen LogP contribution in [0.5, 0.6) is 0 Å². The van der Waals surface area contributed by atoms with E-state index in [2.05, 4.69) is 27.3 Å². The molecule has 10 heteroatoms. The van der Waals surface area contributed by atoms with Gasteiger partial charge in [0.1, 0.15) is 11.9 Å². The molecule has 2 aromatic carbocycles. The zero-order chi connectivity index (χ0) is 26.6. The number of thioether (sulfide) groups is 1. The lowest BCUT2D eigenvalue weighted by Crippen LogP contribution is -2.50. The second-order valence-corrected chi connectivity index (χ2v) is 10.6. The number of aliphatic imine (C=N–C) groups is 2. The smallest absolute Gasteiger partial charge is 0.259 e. The maximum absolute atomic E-state index is 13.5. The Kier molecular flexibility index (Phi) is 7.78. The molecule has 1 saturated heterocycles. The van der Waals surface area contributed by atoms with Crippen molar-refractivity contribution in [3.05, 3.63) is 60.2 Å². The number of amides is 3. The monoisotopic (exact) mass is 532 g/mol. The fourth-order valence-electron chi connectivity index (χ4n) is 4.73. The summed E-state index contributed by atoms with van der Waals surface area (Å²) in [6, 6.07) is 16.9. The summed E-state index contributed by atoms with van der Waals surface area (Å²) in [6.07, 6.45) is 0.849. The number of hydrogen-bond donors (Lipinski definition) is 1. The Morgan fingerprint density at radius 2 is 1.76 bits per heavy atom. The number of nitrogens with zero attached hydrogens (tertiary/aromatic N) is 5. The van der Waals surface area contributed by atoms with Gasteiger partial charge in [-0.25, -0.2) is 9.89 Å². The molecule has 0 bridgehead atoms. The molecule has 0 unspecified atom stereocenters. The largest absolute Gasteiger partial charge is 0.368 e. The van der Waals surface area contributed by atoms with Crippen LogP contribution in [0.4, 0.5) is 11.4 Å². The average molecular weight is 533 g/mol. The van der Waals surface area contributed by atoms with Gasteiger partial charge in [0.05, 0.1) is 17.9 Å². The highest BCUT2D eigenvalue weighted by molar-refractivity contribution is 8.14. The van der Waals surface area contributed by atoms with Crippen molar-refractivity contribution in [1.29, 1.82) is 0 Å². The lowest BCUT2D eigenvalue weighted by atomic mass is 10.1. The normalized spacial score (nSPS) is 19.4. The highest BCUT2D eigenvalue weighted by Gasteiger charge is 2.42. The van der Waals surface area contributed by atoms with Crippen LogP contribution in [0, 0.1) is 0 Å². The lowest BCUT2D eigenvalue weighted by Gasteiger charge is -2.36. The zero-order valence-corrected chi connectivity index (χ0v) is 22.5. The fraction of sp³-hybridized carbons (Fsp3) is 0.393. The lowest BCUT2D eigenvalue weighted by molar-refractivity contribution is -0.135. The Labute approximate surface area is 227 Å². The molecular weight excluding hydrogens is 500 g/mol. The number of benzene rings is 2. The maximum atomic E-state index is 13.5. The molecule has 0 aliphatic carbocycles. The number of anilines is 1. The molecule has 3 amide bonds. The van der Waals surface area contributed by atoms with Gasteiger partial charge in [0, 0.05) is 43.5 Å². The van der Waals surface area contributed by atoms with E-state index in [1.54, 1.807) is 0 Å². The first-order chi connectivity index (χ1) is 18.4. The van der Waals surface area contributed by atoms with Gasteiger partial charge in [0.15, 0.2) is 5.17 Å². The van der Waals surface area contributed by atoms with Crippen molar-refractivity contribution in [2.45, 2.75) is 38.8 Å². The summed E-state index contributed by atoms with van der Waals surface area (Å²) in [5, 5.41) is 3.36. The van der Waals surface area contributed by atoms with Crippen molar-refractivity contribution in [3.63, 3.8) is 0 Å². The van der Waals surface area contributed by atoms with Crippen molar-refractivity contribution in [1.82, 2.24) is 15.1 Å². The minimum Gasteiger partial charge on any atom is -0.368 e. The summed E-state index contributed by atoms with van der Waals surface area (Å²) in [7, 11) is 0. The molecular formula is C28H32N6O3S. The molecule has 5 rings (SSSR count). The molecule has 0 saturated carbocycles. The molecule has 3 aliphatic heterocycles. The first-order valence-electron chi connectivity index (χ1n) is 13.0. The van der Waals surface area contributed by atoms with Gasteiger partial charge in [-0.05, 0) is 37.6 Å². The number of para-hydroxylation sites is 2. The molecule has 2 aromatic rings. The summed E-state index contributed by atoms with van der Waals surface area (Å²) in [5.74, 6) is 0.166. The Morgan fingerprint density at radius 1 is 1.05 bits per heavy atom. The van der Waals surface area contributed by atoms with E-state index in [4.69, 9.17) is 4.99 Å². The van der Waals surface area contributed by atoms with E-state index in [1.807, 2.05) is 61.2 Å². The molecule has 1 fully saturated rings. The standard InChI is InChI=1S/C28H32N6O3S/c1-3-19(2)29-24(35)18-38-28-31-22-12-8-7-11-21(22)26-30-23(27(37)34(26)28)17-25(36)33-15-13-32(14-16-33)20-9-5-4-6-10-20/h4-12,19,23H,3,13-18H2,1-2H3,(H,29,35)/t19-,23-/m1/s1. The van der Waals surface area contributed by atoms with Crippen LogP contribution in [0.2, 0.25) is 0 Å². The predicted molar refractivity (Wildman–Crippen MR) is 151 cm³/mol. The van der Waals surface area contributed by atoms with E-state index in [0.717, 1.165) is 30.8 Å². The number of piperazine rings is 1. The van der Waals surface area contributed by atoms with Crippen LogP contribution in [0.25, 0.3) is 0 Å². The van der Waals surface area contributed by atoms with Crippen LogP contribution in [0.3, 0.4) is 0 Å². The van der Waals surface area contributed by atoms with Gasteiger partial charge in [-0.15, -0.1) is 0 Å². The quantitative estimate of drug-likeness (QED) is 0.591. The third-order valence-corrected chi connectivity index (χ3v) is 7.96. The van der Waals surface area contributed by atoms with Crippen LogP contribution < -0.4 is 10.2 Å². The van der Waals surface area contributed by atoms with Crippen molar-refractivity contribution in [3.8, 4) is 0 Å². The van der Waals surface area contributed by atoms with E-state index >= 15 is 0 Å². The van der Waals surface area contributed by atoms with E-state index < -0.39 is 6.04 Å². The van der Waals surface area contributed by atoms with E-state index in [-0.39, 0.29) is 35.9 Å². The average Bonchev–Trinajstić information content (AvgIpc) is 3.28. The summed E-state index contributed by atoms with van der Waals surface area (Å²) >= 11 is 1.21. The topological polar surface area (TPSA) is 97.7 Å². The number of carbonyl (C=O) groups excluding carboxylic acids is 3. The first-order valence-corrected chi connectivity index (χ1v) is 14.0. The zero-order valence-electron chi connectivity index (χ0n) is 21.7. The highest BCUT2D eigenvalue weighted by atomic mass is 32.2. The van der Waals surface area contributed by atoms with Crippen molar-refractivity contribution >= 4 is 51.9 Å². The molecule has 9 nitrogen and oxygen atoms in total. The summed E-state index contributed by atoms with van der Waals surface area (Å²) in [6.45, 7) is 6.66. The molecule has 2 atom stereocenters. The Morgan fingerprint density at radius 3 is 2.50 bits per heavy atom. The van der Waals surface area contributed by atoms with Crippen molar-refractivity contribution < 1.29 is 14.4 Å². The molecule has 38 heavy (non-hydrogen) atoms. The highest BCUT2D eigenvalue weighted by Crippen LogP contribution is 2.34. The maximum Gasteiger partial charge on any atom is 0.259 e. The van der Waals surface area contributed by atoms with Crippen LogP contribution in [-0.2, 0) is 14.4 Å². The number of hydrogen-bond acceptors (Lipinski definition) is 7. The minimum atomic E-state index is -0.810. The molecule has 0 spiro atoms. The van der Waals surface area contributed by atoms with Gasteiger partial charge in [0.25, 0.3) is 5.91 Å².